The number of terminal acetylenes is 1. The highest BCUT2D eigenvalue weighted by Crippen LogP contribution is 2.67. The predicted molar refractivity (Wildman–Crippen MR) is 142 cm³/mol. The Labute approximate surface area is 219 Å². The zero-order valence-electron chi connectivity index (χ0n) is 22.1. The molecule has 5 rings (SSSR count). The summed E-state index contributed by atoms with van der Waals surface area (Å²) < 4.78 is 13.0. The third-order valence-corrected chi connectivity index (χ3v) is 10.4. The standard InChI is InChI=1S/C31H39FN2O3/c1-4-31(36)17-13-27-25-10-7-22-19-24(11-15-29(22,2)26(25)12-16-30(27,31)3)34-37-20-28(35)33-18-14-21-5-8-23(32)9-6-21/h1,5-6,8-9,19,25-27,36H,7,10-18,20H2,2-3H3,(H,33,35)/b34-24-/t25-,26+,27+,29+,30+,31+/m1/s1. The summed E-state index contributed by atoms with van der Waals surface area (Å²) >= 11 is 0. The van der Waals surface area contributed by atoms with Crippen LogP contribution in [0.2, 0.25) is 0 Å². The maximum absolute atomic E-state index is 13.0. The van der Waals surface area contributed by atoms with Crippen LogP contribution in [0.3, 0.4) is 0 Å². The molecule has 198 valence electrons. The molecule has 0 saturated heterocycles. The molecule has 0 radical (unpaired) electrons. The normalized spacial score (nSPS) is 37.5. The van der Waals surface area contributed by atoms with Crippen molar-refractivity contribution < 1.29 is 19.1 Å². The fraction of sp³-hybridized carbons (Fsp3) is 0.613. The number of benzene rings is 1. The van der Waals surface area contributed by atoms with Gasteiger partial charge in [-0.25, -0.2) is 4.39 Å². The van der Waals surface area contributed by atoms with Crippen LogP contribution in [0, 0.1) is 46.7 Å². The van der Waals surface area contributed by atoms with Crippen LogP contribution in [0.25, 0.3) is 0 Å². The average molecular weight is 507 g/mol. The lowest BCUT2D eigenvalue weighted by Crippen LogP contribution is -2.54. The second-order valence-corrected chi connectivity index (χ2v) is 12.1. The average Bonchev–Trinajstić information content (AvgIpc) is 3.16. The van der Waals surface area contributed by atoms with E-state index in [0.29, 0.717) is 30.7 Å². The summed E-state index contributed by atoms with van der Waals surface area (Å²) in [6, 6.07) is 6.29. The molecular formula is C31H39FN2O3. The van der Waals surface area contributed by atoms with Crippen molar-refractivity contribution in [2.24, 2.45) is 33.7 Å². The second-order valence-electron chi connectivity index (χ2n) is 12.1. The Bertz CT molecular complexity index is 1140. The summed E-state index contributed by atoms with van der Waals surface area (Å²) in [5.74, 6) is 4.00. The van der Waals surface area contributed by atoms with Crippen molar-refractivity contribution in [2.75, 3.05) is 13.2 Å². The number of hydrogen-bond acceptors (Lipinski definition) is 4. The van der Waals surface area contributed by atoms with Gasteiger partial charge in [0.2, 0.25) is 0 Å². The first-order valence-electron chi connectivity index (χ1n) is 13.8. The molecule has 3 fully saturated rings. The van der Waals surface area contributed by atoms with Gasteiger partial charge in [0, 0.05) is 12.0 Å². The zero-order valence-corrected chi connectivity index (χ0v) is 22.1. The highest BCUT2D eigenvalue weighted by Gasteiger charge is 2.63. The summed E-state index contributed by atoms with van der Waals surface area (Å²) in [6.07, 6.45) is 16.6. The SMILES string of the molecule is C#C[C@]1(O)CC[C@H]2[C@@H]3CCC4=C/C(=N\OCC(=O)NCCc5ccc(F)cc5)CC[C@]4(C)[C@H]3CC[C@@]21C. The second kappa shape index (κ2) is 9.91. The van der Waals surface area contributed by atoms with E-state index in [9.17, 15) is 14.3 Å². The molecule has 1 amide bonds. The van der Waals surface area contributed by atoms with Crippen molar-refractivity contribution in [2.45, 2.75) is 77.2 Å². The molecule has 0 unspecified atom stereocenters. The van der Waals surface area contributed by atoms with Gasteiger partial charge in [-0.05, 0) is 105 Å². The smallest absolute Gasteiger partial charge is 0.260 e. The fourth-order valence-corrected chi connectivity index (χ4v) is 8.12. The number of hydrogen-bond donors (Lipinski definition) is 2. The van der Waals surface area contributed by atoms with E-state index in [0.717, 1.165) is 62.6 Å². The van der Waals surface area contributed by atoms with Gasteiger partial charge in [0.05, 0.1) is 5.71 Å². The quantitative estimate of drug-likeness (QED) is 0.412. The summed E-state index contributed by atoms with van der Waals surface area (Å²) in [5, 5.41) is 18.3. The van der Waals surface area contributed by atoms with Crippen LogP contribution in [-0.2, 0) is 16.1 Å². The molecule has 2 N–H and O–H groups in total. The van der Waals surface area contributed by atoms with Crippen LogP contribution in [0.5, 0.6) is 0 Å². The molecule has 6 atom stereocenters. The van der Waals surface area contributed by atoms with Crippen LogP contribution in [0.15, 0.2) is 41.1 Å². The predicted octanol–water partition coefficient (Wildman–Crippen LogP) is 5.18. The molecular weight excluding hydrogens is 467 g/mol. The zero-order chi connectivity index (χ0) is 26.3. The highest BCUT2D eigenvalue weighted by atomic mass is 19.1. The number of fused-ring (bicyclic) bond motifs is 5. The number of aliphatic hydroxyl groups is 1. The Kier molecular flexibility index (Phi) is 6.96. The van der Waals surface area contributed by atoms with E-state index in [-0.39, 0.29) is 29.2 Å². The van der Waals surface area contributed by atoms with Gasteiger partial charge in [-0.1, -0.05) is 42.6 Å². The third kappa shape index (κ3) is 4.61. The van der Waals surface area contributed by atoms with Crippen molar-refractivity contribution in [1.29, 1.82) is 0 Å². The van der Waals surface area contributed by atoms with E-state index in [2.05, 4.69) is 36.3 Å². The molecule has 0 aromatic heterocycles. The molecule has 0 aliphatic heterocycles. The lowest BCUT2D eigenvalue weighted by molar-refractivity contribution is -0.125. The Morgan fingerprint density at radius 1 is 1.16 bits per heavy atom. The molecule has 4 aliphatic rings. The largest absolute Gasteiger partial charge is 0.385 e. The topological polar surface area (TPSA) is 70.9 Å². The highest BCUT2D eigenvalue weighted by molar-refractivity contribution is 5.96. The van der Waals surface area contributed by atoms with Crippen molar-refractivity contribution in [3.8, 4) is 12.3 Å². The van der Waals surface area contributed by atoms with Gasteiger partial charge < -0.3 is 15.3 Å². The molecule has 6 heteroatoms. The Morgan fingerprint density at radius 3 is 2.68 bits per heavy atom. The summed E-state index contributed by atoms with van der Waals surface area (Å²) in [4.78, 5) is 17.6. The molecule has 1 aromatic carbocycles. The number of halogens is 1. The molecule has 1 aromatic rings. The van der Waals surface area contributed by atoms with E-state index >= 15 is 0 Å². The Hall–Kier alpha value is -2.65. The van der Waals surface area contributed by atoms with Gasteiger partial charge in [0.1, 0.15) is 11.4 Å². The number of oxime groups is 1. The van der Waals surface area contributed by atoms with E-state index in [1.165, 1.54) is 17.7 Å². The van der Waals surface area contributed by atoms with Gasteiger partial charge in [-0.15, -0.1) is 6.42 Å². The third-order valence-electron chi connectivity index (χ3n) is 10.4. The van der Waals surface area contributed by atoms with Crippen LogP contribution < -0.4 is 5.32 Å². The van der Waals surface area contributed by atoms with Gasteiger partial charge in [-0.3, -0.25) is 4.79 Å². The minimum Gasteiger partial charge on any atom is -0.385 e. The lowest BCUT2D eigenvalue weighted by Gasteiger charge is -2.58. The molecule has 3 saturated carbocycles. The van der Waals surface area contributed by atoms with Crippen molar-refractivity contribution in [3.05, 3.63) is 47.3 Å². The van der Waals surface area contributed by atoms with Gasteiger partial charge in [-0.2, -0.15) is 0 Å². The number of rotatable bonds is 6. The van der Waals surface area contributed by atoms with Crippen molar-refractivity contribution >= 4 is 11.6 Å². The van der Waals surface area contributed by atoms with Crippen molar-refractivity contribution in [3.63, 3.8) is 0 Å². The van der Waals surface area contributed by atoms with E-state index < -0.39 is 5.60 Å². The van der Waals surface area contributed by atoms with Crippen LogP contribution in [-0.4, -0.2) is 35.5 Å². The van der Waals surface area contributed by atoms with Crippen LogP contribution >= 0.6 is 0 Å². The number of carbonyl (C=O) groups excluding carboxylic acids is 1. The van der Waals surface area contributed by atoms with Gasteiger partial charge in [0.15, 0.2) is 6.61 Å². The number of nitrogens with zero attached hydrogens (tertiary/aromatic N) is 1. The van der Waals surface area contributed by atoms with E-state index in [1.54, 1.807) is 12.1 Å². The minimum absolute atomic E-state index is 0.115. The maximum Gasteiger partial charge on any atom is 0.260 e. The fourth-order valence-electron chi connectivity index (χ4n) is 8.12. The molecule has 5 nitrogen and oxygen atoms in total. The van der Waals surface area contributed by atoms with E-state index in [4.69, 9.17) is 11.3 Å². The van der Waals surface area contributed by atoms with Crippen molar-refractivity contribution in [1.82, 2.24) is 5.32 Å². The summed E-state index contributed by atoms with van der Waals surface area (Å²) in [6.45, 7) is 5.01. The van der Waals surface area contributed by atoms with Crippen LogP contribution in [0.4, 0.5) is 4.39 Å². The van der Waals surface area contributed by atoms with Gasteiger partial charge in [0.25, 0.3) is 5.91 Å². The van der Waals surface area contributed by atoms with E-state index in [1.807, 2.05) is 0 Å². The molecule has 0 bridgehead atoms. The first kappa shape index (κ1) is 26.0. The molecule has 4 aliphatic carbocycles. The lowest BCUT2D eigenvalue weighted by atomic mass is 9.46. The number of nitrogens with one attached hydrogen (secondary N) is 1. The van der Waals surface area contributed by atoms with Crippen LogP contribution in [0.1, 0.15) is 70.8 Å². The number of amides is 1. The Morgan fingerprint density at radius 2 is 1.92 bits per heavy atom. The molecule has 0 spiro atoms. The number of allylic oxidation sites excluding steroid dienone is 2. The molecule has 0 heterocycles. The first-order valence-corrected chi connectivity index (χ1v) is 13.8. The Balaban J connectivity index is 1.16. The minimum atomic E-state index is -0.962. The first-order chi connectivity index (χ1) is 17.7. The number of carbonyl (C=O) groups is 1. The summed E-state index contributed by atoms with van der Waals surface area (Å²) in [5.41, 5.74) is 2.36. The summed E-state index contributed by atoms with van der Waals surface area (Å²) in [7, 11) is 0. The monoisotopic (exact) mass is 506 g/mol. The van der Waals surface area contributed by atoms with Gasteiger partial charge >= 0.3 is 0 Å². The molecule has 37 heavy (non-hydrogen) atoms. The maximum atomic E-state index is 13.0.